The molecule has 0 saturated heterocycles. The molecule has 0 fully saturated rings. The van der Waals surface area contributed by atoms with Crippen LogP contribution in [0.4, 0.5) is 8.78 Å². The van der Waals surface area contributed by atoms with Crippen LogP contribution in [0.2, 0.25) is 0 Å². The van der Waals surface area contributed by atoms with Crippen molar-refractivity contribution in [3.63, 3.8) is 0 Å². The first-order valence-electron chi connectivity index (χ1n) is 4.98. The fourth-order valence-electron chi connectivity index (χ4n) is 1.37. The van der Waals surface area contributed by atoms with Gasteiger partial charge in [0.15, 0.2) is 0 Å². The maximum absolute atomic E-state index is 13.6. The van der Waals surface area contributed by atoms with E-state index in [2.05, 4.69) is 15.9 Å². The van der Waals surface area contributed by atoms with Gasteiger partial charge in [-0.25, -0.2) is 8.78 Å². The van der Waals surface area contributed by atoms with Crippen LogP contribution in [0.3, 0.4) is 0 Å². The van der Waals surface area contributed by atoms with Crippen molar-refractivity contribution in [1.29, 1.82) is 0 Å². The predicted octanol–water partition coefficient (Wildman–Crippen LogP) is 4.31. The maximum atomic E-state index is 13.6. The summed E-state index contributed by atoms with van der Waals surface area (Å²) in [6.07, 6.45) is 0. The minimum atomic E-state index is -0.624. The van der Waals surface area contributed by atoms with Gasteiger partial charge in [0.2, 0.25) is 0 Å². The summed E-state index contributed by atoms with van der Waals surface area (Å²) in [5.74, 6) is -0.658. The lowest BCUT2D eigenvalue weighted by Crippen LogP contribution is -2.02. The number of benzene rings is 2. The normalized spacial score (nSPS) is 10.3. The van der Waals surface area contributed by atoms with Crippen LogP contribution in [-0.4, -0.2) is 0 Å². The molecule has 0 spiro atoms. The second-order valence-corrected chi connectivity index (χ2v) is 4.28. The molecule has 0 aliphatic carbocycles. The molecule has 0 aromatic heterocycles. The fourth-order valence-corrected chi connectivity index (χ4v) is 1.75. The van der Waals surface area contributed by atoms with E-state index in [0.29, 0.717) is 5.75 Å². The predicted molar refractivity (Wildman–Crippen MR) is 64.8 cm³/mol. The molecule has 0 saturated carbocycles. The average molecular weight is 299 g/mol. The van der Waals surface area contributed by atoms with Crippen LogP contribution in [-0.2, 0) is 6.61 Å². The van der Waals surface area contributed by atoms with Gasteiger partial charge in [-0.05, 0) is 40.2 Å². The van der Waals surface area contributed by atoms with Gasteiger partial charge >= 0.3 is 0 Å². The lowest BCUT2D eigenvalue weighted by molar-refractivity contribution is 0.292. The van der Waals surface area contributed by atoms with E-state index >= 15 is 0 Å². The Kier molecular flexibility index (Phi) is 3.74. The summed E-state index contributed by atoms with van der Waals surface area (Å²) >= 11 is 3.01. The fraction of sp³-hybridized carbons (Fsp3) is 0.0769. The van der Waals surface area contributed by atoms with Gasteiger partial charge in [-0.15, -0.1) is 0 Å². The van der Waals surface area contributed by atoms with E-state index in [4.69, 9.17) is 4.74 Å². The molecule has 0 radical (unpaired) electrons. The number of rotatable bonds is 3. The summed E-state index contributed by atoms with van der Waals surface area (Å²) in [5, 5.41) is 0. The molecule has 0 aliphatic heterocycles. The highest BCUT2D eigenvalue weighted by Crippen LogP contribution is 2.23. The van der Waals surface area contributed by atoms with E-state index in [0.717, 1.165) is 0 Å². The van der Waals surface area contributed by atoms with Crippen LogP contribution in [0, 0.1) is 11.6 Å². The molecule has 0 N–H and O–H groups in total. The van der Waals surface area contributed by atoms with E-state index < -0.39 is 11.6 Å². The summed E-state index contributed by atoms with van der Waals surface area (Å²) in [5.41, 5.74) is -0.0803. The minimum Gasteiger partial charge on any atom is -0.489 e. The first kappa shape index (κ1) is 12.0. The van der Waals surface area contributed by atoms with Crippen LogP contribution in [0.5, 0.6) is 5.75 Å². The molecule has 0 bridgehead atoms. The van der Waals surface area contributed by atoms with Crippen molar-refractivity contribution < 1.29 is 13.5 Å². The molecule has 4 heteroatoms. The van der Waals surface area contributed by atoms with Crippen LogP contribution in [0.1, 0.15) is 5.56 Å². The highest BCUT2D eigenvalue weighted by atomic mass is 79.9. The molecule has 0 atom stereocenters. The summed E-state index contributed by atoms with van der Waals surface area (Å²) < 4.78 is 32.5. The first-order valence-corrected chi connectivity index (χ1v) is 5.78. The molecule has 0 amide bonds. The third-order valence-electron chi connectivity index (χ3n) is 2.27. The van der Waals surface area contributed by atoms with Crippen molar-refractivity contribution in [2.45, 2.75) is 6.61 Å². The van der Waals surface area contributed by atoms with Gasteiger partial charge < -0.3 is 4.74 Å². The maximum Gasteiger partial charge on any atom is 0.146 e. The SMILES string of the molecule is Fc1ccc(Br)c(F)c1COc1ccccc1. The molecular formula is C13H9BrF2O. The van der Waals surface area contributed by atoms with Gasteiger partial charge in [0.25, 0.3) is 0 Å². The Morgan fingerprint density at radius 1 is 1.00 bits per heavy atom. The number of ether oxygens (including phenoxy) is 1. The van der Waals surface area contributed by atoms with Crippen molar-refractivity contribution in [2.24, 2.45) is 0 Å². The first-order chi connectivity index (χ1) is 8.18. The number of hydrogen-bond donors (Lipinski definition) is 0. The van der Waals surface area contributed by atoms with Crippen molar-refractivity contribution in [3.8, 4) is 5.75 Å². The standard InChI is InChI=1S/C13H9BrF2O/c14-11-6-7-12(15)10(13(11)16)8-17-9-4-2-1-3-5-9/h1-7H,8H2. The van der Waals surface area contributed by atoms with Gasteiger partial charge in [0, 0.05) is 0 Å². The van der Waals surface area contributed by atoms with Crippen LogP contribution < -0.4 is 4.74 Å². The van der Waals surface area contributed by atoms with E-state index in [1.165, 1.54) is 12.1 Å². The summed E-state index contributed by atoms with van der Waals surface area (Å²) in [7, 11) is 0. The zero-order valence-electron chi connectivity index (χ0n) is 8.79. The number of halogens is 3. The molecule has 0 heterocycles. The van der Waals surface area contributed by atoms with E-state index in [1.807, 2.05) is 6.07 Å². The second-order valence-electron chi connectivity index (χ2n) is 3.42. The highest BCUT2D eigenvalue weighted by molar-refractivity contribution is 9.10. The number of para-hydroxylation sites is 1. The van der Waals surface area contributed by atoms with Gasteiger partial charge in [-0.3, -0.25) is 0 Å². The molecule has 2 aromatic carbocycles. The molecule has 2 rings (SSSR count). The highest BCUT2D eigenvalue weighted by Gasteiger charge is 2.12. The molecule has 0 unspecified atom stereocenters. The van der Waals surface area contributed by atoms with Crippen LogP contribution in [0.25, 0.3) is 0 Å². The average Bonchev–Trinajstić information content (AvgIpc) is 2.35. The van der Waals surface area contributed by atoms with Gasteiger partial charge in [-0.2, -0.15) is 0 Å². The van der Waals surface area contributed by atoms with Crippen LogP contribution in [0.15, 0.2) is 46.9 Å². The Bertz CT molecular complexity index is 514. The lowest BCUT2D eigenvalue weighted by atomic mass is 10.2. The summed E-state index contributed by atoms with van der Waals surface area (Å²) in [6.45, 7) is -0.138. The summed E-state index contributed by atoms with van der Waals surface area (Å²) in [6, 6.07) is 11.4. The third-order valence-corrected chi connectivity index (χ3v) is 2.88. The summed E-state index contributed by atoms with van der Waals surface area (Å²) in [4.78, 5) is 0. The lowest BCUT2D eigenvalue weighted by Gasteiger charge is -2.08. The number of hydrogen-bond acceptors (Lipinski definition) is 1. The Labute approximate surface area is 106 Å². The quantitative estimate of drug-likeness (QED) is 0.768. The largest absolute Gasteiger partial charge is 0.489 e. The Morgan fingerprint density at radius 2 is 1.71 bits per heavy atom. The third kappa shape index (κ3) is 2.82. The zero-order valence-corrected chi connectivity index (χ0v) is 10.4. The van der Waals surface area contributed by atoms with Crippen LogP contribution >= 0.6 is 15.9 Å². The van der Waals surface area contributed by atoms with Crippen molar-refractivity contribution >= 4 is 15.9 Å². The Balaban J connectivity index is 2.17. The molecule has 1 nitrogen and oxygen atoms in total. The topological polar surface area (TPSA) is 9.23 Å². The molecule has 2 aromatic rings. The Morgan fingerprint density at radius 3 is 2.41 bits per heavy atom. The second kappa shape index (κ2) is 5.27. The van der Waals surface area contributed by atoms with E-state index in [-0.39, 0.29) is 16.6 Å². The van der Waals surface area contributed by atoms with Gasteiger partial charge in [-0.1, -0.05) is 18.2 Å². The zero-order chi connectivity index (χ0) is 12.3. The van der Waals surface area contributed by atoms with Crippen molar-refractivity contribution in [3.05, 3.63) is 64.1 Å². The smallest absolute Gasteiger partial charge is 0.146 e. The van der Waals surface area contributed by atoms with Crippen molar-refractivity contribution in [2.75, 3.05) is 0 Å². The van der Waals surface area contributed by atoms with E-state index in [1.54, 1.807) is 24.3 Å². The monoisotopic (exact) mass is 298 g/mol. The van der Waals surface area contributed by atoms with Gasteiger partial charge in [0.05, 0.1) is 10.0 Å². The minimum absolute atomic E-state index is 0.0803. The molecule has 88 valence electrons. The molecule has 17 heavy (non-hydrogen) atoms. The van der Waals surface area contributed by atoms with E-state index in [9.17, 15) is 8.78 Å². The van der Waals surface area contributed by atoms with Crippen molar-refractivity contribution in [1.82, 2.24) is 0 Å². The Hall–Kier alpha value is -1.42. The molecule has 0 aliphatic rings. The molecular weight excluding hydrogens is 290 g/mol. The van der Waals surface area contributed by atoms with Gasteiger partial charge in [0.1, 0.15) is 24.0 Å².